The van der Waals surface area contributed by atoms with Crippen molar-refractivity contribution in [2.24, 2.45) is 0 Å². The predicted molar refractivity (Wildman–Crippen MR) is 120 cm³/mol. The Morgan fingerprint density at radius 2 is 1.79 bits per heavy atom. The van der Waals surface area contributed by atoms with Gasteiger partial charge in [-0.2, -0.15) is 0 Å². The summed E-state index contributed by atoms with van der Waals surface area (Å²) in [5.41, 5.74) is 3.95. The largest absolute Gasteiger partial charge is 0.496 e. The first-order chi connectivity index (χ1) is 16.0. The molecule has 0 spiro atoms. The molecule has 166 valence electrons. The third kappa shape index (κ3) is 3.87. The van der Waals surface area contributed by atoms with E-state index in [0.717, 1.165) is 23.7 Å². The van der Waals surface area contributed by atoms with Crippen LogP contribution in [0.3, 0.4) is 0 Å². The number of nitrogens with one attached hydrogen (secondary N) is 1. The van der Waals surface area contributed by atoms with E-state index in [1.165, 1.54) is 30.6 Å². The van der Waals surface area contributed by atoms with Crippen LogP contribution in [0, 0.1) is 0 Å². The van der Waals surface area contributed by atoms with E-state index < -0.39 is 17.8 Å². The number of anilines is 1. The Hall–Kier alpha value is -4.33. The summed E-state index contributed by atoms with van der Waals surface area (Å²) in [4.78, 5) is 40.8. The highest BCUT2D eigenvalue weighted by Crippen LogP contribution is 2.33. The maximum absolute atomic E-state index is 13.0. The molecule has 0 radical (unpaired) electrons. The molecular weight excluding hydrogens is 422 g/mol. The van der Waals surface area contributed by atoms with Gasteiger partial charge in [0.25, 0.3) is 11.8 Å². The first kappa shape index (κ1) is 20.6. The zero-order chi connectivity index (χ0) is 22.9. The number of fused-ring (bicyclic) bond motifs is 1. The van der Waals surface area contributed by atoms with Gasteiger partial charge < -0.3 is 14.1 Å². The van der Waals surface area contributed by atoms with Crippen LogP contribution in [0.25, 0.3) is 6.08 Å². The van der Waals surface area contributed by atoms with Gasteiger partial charge in [-0.15, -0.1) is 0 Å². The Bertz CT molecular complexity index is 1250. The van der Waals surface area contributed by atoms with E-state index in [4.69, 9.17) is 9.15 Å². The number of nitrogens with zero attached hydrogens (tertiary/aromatic N) is 2. The summed E-state index contributed by atoms with van der Waals surface area (Å²) < 4.78 is 10.8. The lowest BCUT2D eigenvalue weighted by Crippen LogP contribution is -2.53. The van der Waals surface area contributed by atoms with E-state index in [1.54, 1.807) is 18.2 Å². The smallest absolute Gasteiger partial charge is 0.331 e. The van der Waals surface area contributed by atoms with Crippen LogP contribution in [0.1, 0.15) is 22.5 Å². The zero-order valence-corrected chi connectivity index (χ0v) is 17.9. The van der Waals surface area contributed by atoms with Gasteiger partial charge in [-0.1, -0.05) is 24.3 Å². The molecule has 0 bridgehead atoms. The van der Waals surface area contributed by atoms with Gasteiger partial charge >= 0.3 is 6.03 Å². The monoisotopic (exact) mass is 443 g/mol. The van der Waals surface area contributed by atoms with Crippen molar-refractivity contribution in [1.29, 1.82) is 0 Å². The van der Waals surface area contributed by atoms with E-state index in [0.29, 0.717) is 17.1 Å². The summed E-state index contributed by atoms with van der Waals surface area (Å²) in [5, 5.41) is 2.21. The van der Waals surface area contributed by atoms with Crippen molar-refractivity contribution in [3.05, 3.63) is 88.9 Å². The van der Waals surface area contributed by atoms with Crippen molar-refractivity contribution in [3.8, 4) is 5.75 Å². The highest BCUT2D eigenvalue weighted by Gasteiger charge is 2.36. The molecule has 3 heterocycles. The molecule has 0 aliphatic carbocycles. The minimum Gasteiger partial charge on any atom is -0.496 e. The minimum absolute atomic E-state index is 0.0755. The van der Waals surface area contributed by atoms with Gasteiger partial charge in [0.2, 0.25) is 0 Å². The number of urea groups is 1. The normalized spacial score (nSPS) is 16.9. The Morgan fingerprint density at radius 3 is 2.45 bits per heavy atom. The molecule has 1 saturated heterocycles. The molecule has 33 heavy (non-hydrogen) atoms. The van der Waals surface area contributed by atoms with E-state index in [9.17, 15) is 14.4 Å². The number of amides is 4. The molecule has 0 unspecified atom stereocenters. The summed E-state index contributed by atoms with van der Waals surface area (Å²) >= 11 is 0. The summed E-state index contributed by atoms with van der Waals surface area (Å²) in [6, 6.07) is 16.4. The Morgan fingerprint density at radius 1 is 1.03 bits per heavy atom. The molecule has 5 rings (SSSR count). The molecule has 1 N–H and O–H groups in total. The third-order valence-electron chi connectivity index (χ3n) is 5.80. The average Bonchev–Trinajstić information content (AvgIpc) is 3.49. The maximum atomic E-state index is 13.0. The summed E-state index contributed by atoms with van der Waals surface area (Å²) in [7, 11) is 1.54. The van der Waals surface area contributed by atoms with E-state index in [2.05, 4.69) is 22.3 Å². The summed E-state index contributed by atoms with van der Waals surface area (Å²) in [5.74, 6) is -0.491. The van der Waals surface area contributed by atoms with Crippen molar-refractivity contribution in [3.63, 3.8) is 0 Å². The molecule has 2 aromatic carbocycles. The topological polar surface area (TPSA) is 92.1 Å². The fraction of sp³-hybridized carbons (Fsp3) is 0.160. The van der Waals surface area contributed by atoms with Crippen molar-refractivity contribution in [1.82, 2.24) is 10.2 Å². The van der Waals surface area contributed by atoms with Crippen LogP contribution in [0.5, 0.6) is 5.75 Å². The predicted octanol–water partition coefficient (Wildman–Crippen LogP) is 3.47. The number of rotatable bonds is 5. The molecule has 8 nitrogen and oxygen atoms in total. The van der Waals surface area contributed by atoms with Crippen molar-refractivity contribution in [2.75, 3.05) is 12.0 Å². The molecule has 1 aromatic heterocycles. The van der Waals surface area contributed by atoms with Crippen molar-refractivity contribution < 1.29 is 23.5 Å². The number of ether oxygens (including phenoxy) is 1. The van der Waals surface area contributed by atoms with Gasteiger partial charge in [-0.05, 0) is 41.5 Å². The number of furan rings is 1. The van der Waals surface area contributed by atoms with Crippen LogP contribution in [-0.4, -0.2) is 29.9 Å². The molecule has 1 fully saturated rings. The van der Waals surface area contributed by atoms with Crippen LogP contribution < -0.4 is 15.0 Å². The number of barbiturate groups is 1. The van der Waals surface area contributed by atoms with Crippen molar-refractivity contribution in [2.45, 2.75) is 19.6 Å². The fourth-order valence-corrected chi connectivity index (χ4v) is 4.08. The van der Waals surface area contributed by atoms with Crippen molar-refractivity contribution >= 4 is 29.6 Å². The number of hydrogen-bond donors (Lipinski definition) is 1. The Balaban J connectivity index is 1.42. The lowest BCUT2D eigenvalue weighted by molar-refractivity contribution is -0.130. The Kier molecular flexibility index (Phi) is 5.18. The lowest BCUT2D eigenvalue weighted by atomic mass is 10.1. The van der Waals surface area contributed by atoms with Gasteiger partial charge in [-0.3, -0.25) is 19.8 Å². The number of carbonyl (C=O) groups excluding carboxylic acids is 3. The molecule has 0 saturated carbocycles. The van der Waals surface area contributed by atoms with Crippen LogP contribution in [0.15, 0.2) is 70.9 Å². The molecule has 2 aliphatic rings. The number of imide groups is 2. The van der Waals surface area contributed by atoms with E-state index in [1.807, 2.05) is 24.3 Å². The number of hydrogen-bond acceptors (Lipinski definition) is 6. The highest BCUT2D eigenvalue weighted by atomic mass is 16.5. The molecule has 2 aliphatic heterocycles. The molecule has 0 atom stereocenters. The summed E-state index contributed by atoms with van der Waals surface area (Å²) in [6.45, 7) is 1.52. The second-order valence-electron chi connectivity index (χ2n) is 7.84. The van der Waals surface area contributed by atoms with Gasteiger partial charge in [0.05, 0.1) is 19.9 Å². The molecular formula is C25H21N3O5. The van der Waals surface area contributed by atoms with Gasteiger partial charge in [0.1, 0.15) is 17.1 Å². The quantitative estimate of drug-likeness (QED) is 0.480. The second-order valence-corrected chi connectivity index (χ2v) is 7.84. The third-order valence-corrected chi connectivity index (χ3v) is 5.80. The van der Waals surface area contributed by atoms with Crippen LogP contribution in [-0.2, 0) is 29.2 Å². The number of benzene rings is 2. The van der Waals surface area contributed by atoms with E-state index in [-0.39, 0.29) is 12.1 Å². The van der Waals surface area contributed by atoms with Crippen LogP contribution in [0.4, 0.5) is 10.5 Å². The molecule has 3 aromatic rings. The van der Waals surface area contributed by atoms with E-state index >= 15 is 0 Å². The second kappa shape index (κ2) is 8.31. The summed E-state index contributed by atoms with van der Waals surface area (Å²) in [6.07, 6.45) is 2.90. The first-order valence-corrected chi connectivity index (χ1v) is 10.4. The van der Waals surface area contributed by atoms with Crippen LogP contribution >= 0.6 is 0 Å². The fourth-order valence-electron chi connectivity index (χ4n) is 4.08. The minimum atomic E-state index is -0.783. The first-order valence-electron chi connectivity index (χ1n) is 10.4. The molecule has 4 amide bonds. The Labute approximate surface area is 190 Å². The number of methoxy groups -OCH3 is 1. The standard InChI is InChI=1S/C25H21N3O5/c1-32-22-12-19(27-13-17-5-2-3-6-18(17)14-27)9-8-16(22)11-21-23(29)26-25(31)28(24(21)30)15-20-7-4-10-33-20/h2-12H,13-15H2,1H3,(H,26,29,31)/b21-11-. The highest BCUT2D eigenvalue weighted by molar-refractivity contribution is 6.31. The number of carbonyl (C=O) groups is 3. The zero-order valence-electron chi connectivity index (χ0n) is 17.9. The lowest BCUT2D eigenvalue weighted by Gasteiger charge is -2.25. The van der Waals surface area contributed by atoms with Gasteiger partial charge in [0.15, 0.2) is 0 Å². The maximum Gasteiger partial charge on any atom is 0.331 e. The molecule has 8 heteroatoms. The average molecular weight is 443 g/mol. The SMILES string of the molecule is COc1cc(N2Cc3ccccc3C2)ccc1/C=C1/C(=O)NC(=O)N(Cc2ccco2)C1=O. The van der Waals surface area contributed by atoms with Gasteiger partial charge in [-0.25, -0.2) is 4.79 Å². The van der Waals surface area contributed by atoms with Crippen LogP contribution in [0.2, 0.25) is 0 Å². The van der Waals surface area contributed by atoms with Gasteiger partial charge in [0, 0.05) is 30.4 Å².